The fraction of sp³-hybridized carbons (Fsp3) is 0.588. The molecule has 0 aromatic heterocycles. The number of unbranched alkanes of at least 4 members (excludes halogenated alkanes) is 6. The van der Waals surface area contributed by atoms with Gasteiger partial charge in [-0.1, -0.05) is 63.6 Å². The van der Waals surface area contributed by atoms with Crippen LogP contribution in [0.25, 0.3) is 0 Å². The van der Waals surface area contributed by atoms with E-state index in [1.54, 1.807) is 0 Å². The number of carboxylic acids is 1. The van der Waals surface area contributed by atoms with E-state index in [9.17, 15) is 18.3 Å². The molecule has 0 radical (unpaired) electrons. The lowest BCUT2D eigenvalue weighted by atomic mass is 10.1. The number of carbonyl (C=O) groups is 1. The van der Waals surface area contributed by atoms with Crippen LogP contribution in [0.2, 0.25) is 0 Å². The zero-order chi connectivity index (χ0) is 19.9. The van der Waals surface area contributed by atoms with Crippen molar-refractivity contribution in [2.45, 2.75) is 57.6 Å². The normalized spacial score (nSPS) is 14.0. The molecule has 0 atom stereocenters. The van der Waals surface area contributed by atoms with E-state index >= 15 is 0 Å². The van der Waals surface area contributed by atoms with Crippen molar-refractivity contribution in [1.82, 2.24) is 0 Å². The van der Waals surface area contributed by atoms with Crippen LogP contribution in [0.5, 0.6) is 0 Å². The van der Waals surface area contributed by atoms with Crippen molar-refractivity contribution in [1.29, 1.82) is 0 Å². The van der Waals surface area contributed by atoms with Crippen LogP contribution in [-0.2, 0) is 15.6 Å². The van der Waals surface area contributed by atoms with Crippen molar-refractivity contribution in [3.63, 3.8) is 0 Å². The highest BCUT2D eigenvalue weighted by Crippen LogP contribution is 2.15. The molecule has 0 fully saturated rings. The van der Waals surface area contributed by atoms with Gasteiger partial charge < -0.3 is 5.11 Å². The molecule has 0 spiro atoms. The van der Waals surface area contributed by atoms with Gasteiger partial charge in [-0.2, -0.15) is 0 Å². The molecule has 0 aliphatic heterocycles. The Balaban J connectivity index is 2.85. The summed E-state index contributed by atoms with van der Waals surface area (Å²) in [5.74, 6) is -2.37. The molecule has 1 aromatic rings. The van der Waals surface area contributed by atoms with Crippen LogP contribution in [-0.4, -0.2) is 25.2 Å². The maximum absolute atomic E-state index is 12.3. The van der Waals surface area contributed by atoms with E-state index < -0.39 is 51.3 Å². The average molecular weight is 330 g/mol. The summed E-state index contributed by atoms with van der Waals surface area (Å²) in [6.45, 7) is 2.12. The lowest BCUT2D eigenvalue weighted by Crippen LogP contribution is -2.12. The number of hydrogen-bond donors (Lipinski definition) is 1. The first kappa shape index (κ1) is 13.1. The summed E-state index contributed by atoms with van der Waals surface area (Å²) < 4.78 is 55.4. The molecule has 5 heteroatoms. The third-order valence-electron chi connectivity index (χ3n) is 3.40. The molecule has 0 unspecified atom stereocenters. The number of hydrogen-bond acceptors (Lipinski definition) is 3. The predicted octanol–water partition coefficient (Wildman–Crippen LogP) is 4.05. The number of benzene rings is 1. The van der Waals surface area contributed by atoms with Crippen LogP contribution < -0.4 is 0 Å². The largest absolute Gasteiger partial charge is 0.478 e. The van der Waals surface area contributed by atoms with Gasteiger partial charge in [0.2, 0.25) is 0 Å². The van der Waals surface area contributed by atoms with E-state index in [0.29, 0.717) is 6.42 Å². The van der Waals surface area contributed by atoms with Crippen LogP contribution in [0, 0.1) is 0 Å². The summed E-state index contributed by atoms with van der Waals surface area (Å²) in [4.78, 5) is 11.4. The van der Waals surface area contributed by atoms with Gasteiger partial charge in [0.25, 0.3) is 0 Å². The maximum atomic E-state index is 12.3. The monoisotopic (exact) mass is 330 g/mol. The third kappa shape index (κ3) is 7.07. The van der Waals surface area contributed by atoms with E-state index in [1.807, 2.05) is 0 Å². The summed E-state index contributed by atoms with van der Waals surface area (Å²) in [5.41, 5.74) is -1.04. The Morgan fingerprint density at radius 3 is 2.32 bits per heavy atom. The predicted molar refractivity (Wildman–Crippen MR) is 88.9 cm³/mol. The highest BCUT2D eigenvalue weighted by molar-refractivity contribution is 7.90. The fourth-order valence-corrected chi connectivity index (χ4v) is 3.64. The highest BCUT2D eigenvalue weighted by Gasteiger charge is 2.16. The average Bonchev–Trinajstić information content (AvgIpc) is 2.56. The second kappa shape index (κ2) is 9.62. The molecule has 1 N–H and O–H groups in total. The minimum Gasteiger partial charge on any atom is -0.478 e. The molecule has 0 saturated carbocycles. The van der Waals surface area contributed by atoms with Crippen molar-refractivity contribution in [2.24, 2.45) is 0 Å². The van der Waals surface area contributed by atoms with E-state index in [2.05, 4.69) is 6.92 Å². The van der Waals surface area contributed by atoms with E-state index in [0.717, 1.165) is 32.1 Å². The van der Waals surface area contributed by atoms with Gasteiger partial charge in [0, 0.05) is 0 Å². The van der Waals surface area contributed by atoms with Crippen LogP contribution in [0.15, 0.2) is 24.2 Å². The molecule has 0 bridgehead atoms. The first-order valence-electron chi connectivity index (χ1n) is 9.65. The molecule has 1 aromatic carbocycles. The Labute approximate surface area is 139 Å². The Morgan fingerprint density at radius 1 is 1.09 bits per heavy atom. The van der Waals surface area contributed by atoms with Gasteiger partial charge in [0.1, 0.15) is 0 Å². The number of rotatable bonds is 11. The Bertz CT molecular complexity index is 748. The fourth-order valence-electron chi connectivity index (χ4n) is 2.20. The first-order chi connectivity index (χ1) is 12.1. The third-order valence-corrected chi connectivity index (χ3v) is 5.04. The van der Waals surface area contributed by atoms with Crippen molar-refractivity contribution >= 4 is 15.8 Å². The van der Waals surface area contributed by atoms with E-state index in [4.69, 9.17) is 5.48 Å². The van der Waals surface area contributed by atoms with Crippen molar-refractivity contribution < 1.29 is 23.8 Å². The van der Waals surface area contributed by atoms with Gasteiger partial charge in [-0.15, -0.1) is 0 Å². The van der Waals surface area contributed by atoms with E-state index in [-0.39, 0.29) is 11.3 Å². The molecule has 22 heavy (non-hydrogen) atoms. The van der Waals surface area contributed by atoms with Gasteiger partial charge in [-0.3, -0.25) is 0 Å². The minimum atomic E-state index is -3.67. The van der Waals surface area contributed by atoms with Gasteiger partial charge in [0.15, 0.2) is 9.84 Å². The molecule has 0 aliphatic rings. The molecule has 0 saturated heterocycles. The van der Waals surface area contributed by atoms with Crippen LogP contribution in [0.3, 0.4) is 0 Å². The second-order valence-electron chi connectivity index (χ2n) is 5.37. The minimum absolute atomic E-state index is 0.122. The number of sulfone groups is 1. The quantitative estimate of drug-likeness (QED) is 0.621. The van der Waals surface area contributed by atoms with Crippen LogP contribution in [0.4, 0.5) is 0 Å². The molecular formula is C17H26O4S. The zero-order valence-corrected chi connectivity index (χ0v) is 13.8. The second-order valence-corrected chi connectivity index (χ2v) is 7.56. The summed E-state index contributed by atoms with van der Waals surface area (Å²) >= 11 is 0. The maximum Gasteiger partial charge on any atom is 0.335 e. The van der Waals surface area contributed by atoms with Crippen LogP contribution >= 0.6 is 0 Å². The SMILES string of the molecule is [2H]c1c([2H])c([2H])c(C(=O)O)c(CS(=O)(=O)CCCCCCCCC)c1[2H]. The molecule has 0 amide bonds. The molecule has 4 nitrogen and oxygen atoms in total. The zero-order valence-electron chi connectivity index (χ0n) is 16.9. The molecule has 0 heterocycles. The Kier molecular flexibility index (Phi) is 5.73. The lowest BCUT2D eigenvalue weighted by molar-refractivity contribution is 0.0696. The van der Waals surface area contributed by atoms with Crippen molar-refractivity contribution in [2.75, 3.05) is 5.75 Å². The van der Waals surface area contributed by atoms with Gasteiger partial charge in [-0.05, 0) is 18.0 Å². The molecule has 124 valence electrons. The molecule has 1 rings (SSSR count). The van der Waals surface area contributed by atoms with Crippen molar-refractivity contribution in [3.05, 3.63) is 35.3 Å². The molecule has 0 aliphatic carbocycles. The topological polar surface area (TPSA) is 71.4 Å². The first-order valence-corrected chi connectivity index (χ1v) is 9.47. The number of carboxylic acid groups (broad SMARTS) is 1. The standard InChI is InChI=1S/C17H26O4S/c1-2-3-4-5-6-7-10-13-22(20,21)14-15-11-8-9-12-16(15)17(18)19/h8-9,11-12H,2-7,10,13-14H2,1H3,(H,18,19)/i8D,9D,11D,12D. The van der Waals surface area contributed by atoms with Crippen molar-refractivity contribution in [3.8, 4) is 0 Å². The van der Waals surface area contributed by atoms with E-state index in [1.165, 1.54) is 6.42 Å². The summed E-state index contributed by atoms with van der Waals surface area (Å²) in [5, 5.41) is 9.26. The highest BCUT2D eigenvalue weighted by atomic mass is 32.2. The Morgan fingerprint density at radius 2 is 1.68 bits per heavy atom. The van der Waals surface area contributed by atoms with Gasteiger partial charge in [0.05, 0.1) is 22.6 Å². The number of aromatic carboxylic acids is 1. The van der Waals surface area contributed by atoms with Crippen LogP contribution in [0.1, 0.15) is 73.3 Å². The van der Waals surface area contributed by atoms with Gasteiger partial charge in [-0.25, -0.2) is 13.2 Å². The van der Waals surface area contributed by atoms with Gasteiger partial charge >= 0.3 is 5.97 Å². The smallest absolute Gasteiger partial charge is 0.335 e. The summed E-state index contributed by atoms with van der Waals surface area (Å²) in [6.07, 6.45) is 6.67. The lowest BCUT2D eigenvalue weighted by Gasteiger charge is -2.07. The summed E-state index contributed by atoms with van der Waals surface area (Å²) in [6, 6.07) is -2.63. The summed E-state index contributed by atoms with van der Waals surface area (Å²) in [7, 11) is -3.67. The molecular weight excluding hydrogens is 300 g/mol. The Hall–Kier alpha value is -1.36.